The predicted octanol–water partition coefficient (Wildman–Crippen LogP) is 4.54. The van der Waals surface area contributed by atoms with E-state index in [-0.39, 0.29) is 6.10 Å². The van der Waals surface area contributed by atoms with Gasteiger partial charge in [-0.1, -0.05) is 64.0 Å². The fourth-order valence-electron chi connectivity index (χ4n) is 2.81. The SMILES string of the molecule is CCCCCCCCCC(O)Cn1cnc2ccccc21. The molecule has 2 aromatic rings. The van der Waals surface area contributed by atoms with Gasteiger partial charge in [0.05, 0.1) is 30.0 Å². The zero-order valence-electron chi connectivity index (χ0n) is 13.2. The first-order valence-corrected chi connectivity index (χ1v) is 8.39. The van der Waals surface area contributed by atoms with Gasteiger partial charge in [0.1, 0.15) is 0 Å². The number of nitrogens with zero attached hydrogens (tertiary/aromatic N) is 2. The maximum absolute atomic E-state index is 10.2. The number of fused-ring (bicyclic) bond motifs is 1. The first kappa shape index (κ1) is 16.0. The maximum atomic E-state index is 10.2. The Morgan fingerprint density at radius 3 is 2.57 bits per heavy atom. The van der Waals surface area contributed by atoms with E-state index in [1.54, 1.807) is 0 Å². The van der Waals surface area contributed by atoms with Crippen molar-refractivity contribution in [1.82, 2.24) is 9.55 Å². The van der Waals surface area contributed by atoms with Crippen LogP contribution in [-0.2, 0) is 6.54 Å². The molecule has 2 rings (SSSR count). The van der Waals surface area contributed by atoms with Gasteiger partial charge in [-0.2, -0.15) is 0 Å². The van der Waals surface area contributed by atoms with Crippen LogP contribution in [0.15, 0.2) is 30.6 Å². The molecule has 0 saturated heterocycles. The van der Waals surface area contributed by atoms with Crippen molar-refractivity contribution in [3.05, 3.63) is 30.6 Å². The summed E-state index contributed by atoms with van der Waals surface area (Å²) in [6.07, 6.45) is 11.5. The second kappa shape index (κ2) is 8.83. The number of hydrogen-bond acceptors (Lipinski definition) is 2. The molecule has 0 bridgehead atoms. The molecule has 21 heavy (non-hydrogen) atoms. The van der Waals surface area contributed by atoms with E-state index in [1.165, 1.54) is 38.5 Å². The average molecular weight is 288 g/mol. The van der Waals surface area contributed by atoms with Crippen LogP contribution in [0.25, 0.3) is 11.0 Å². The summed E-state index contributed by atoms with van der Waals surface area (Å²) >= 11 is 0. The number of unbranched alkanes of at least 4 members (excludes halogenated alkanes) is 6. The molecule has 1 N–H and O–H groups in total. The molecule has 0 aliphatic carbocycles. The zero-order chi connectivity index (χ0) is 14.9. The van der Waals surface area contributed by atoms with Crippen LogP contribution in [0.5, 0.6) is 0 Å². The molecular weight excluding hydrogens is 260 g/mol. The summed E-state index contributed by atoms with van der Waals surface area (Å²) in [7, 11) is 0. The van der Waals surface area contributed by atoms with Crippen molar-refractivity contribution in [2.45, 2.75) is 70.9 Å². The van der Waals surface area contributed by atoms with Gasteiger partial charge in [0.15, 0.2) is 0 Å². The summed E-state index contributed by atoms with van der Waals surface area (Å²) < 4.78 is 2.06. The lowest BCUT2D eigenvalue weighted by atomic mass is 10.1. The Labute approximate surface area is 128 Å². The number of aromatic nitrogens is 2. The van der Waals surface area contributed by atoms with Gasteiger partial charge in [0, 0.05) is 0 Å². The fraction of sp³-hybridized carbons (Fsp3) is 0.611. The molecule has 1 heterocycles. The number of aliphatic hydroxyl groups is 1. The summed E-state index contributed by atoms with van der Waals surface area (Å²) in [5.41, 5.74) is 2.11. The van der Waals surface area contributed by atoms with E-state index in [9.17, 15) is 5.11 Å². The summed E-state index contributed by atoms with van der Waals surface area (Å²) in [5, 5.41) is 10.2. The highest BCUT2D eigenvalue weighted by Crippen LogP contribution is 2.14. The number of hydrogen-bond donors (Lipinski definition) is 1. The standard InChI is InChI=1S/C18H28N2O/c1-2-3-4-5-6-7-8-11-16(21)14-20-15-19-17-12-9-10-13-18(17)20/h9-10,12-13,15-16,21H,2-8,11,14H2,1H3. The van der Waals surface area contributed by atoms with Gasteiger partial charge >= 0.3 is 0 Å². The molecular formula is C18H28N2O. The van der Waals surface area contributed by atoms with Gasteiger partial charge in [-0.15, -0.1) is 0 Å². The van der Waals surface area contributed by atoms with E-state index in [2.05, 4.69) is 22.5 Å². The molecule has 3 nitrogen and oxygen atoms in total. The van der Waals surface area contributed by atoms with Crippen LogP contribution in [0.2, 0.25) is 0 Å². The van der Waals surface area contributed by atoms with E-state index in [1.807, 2.05) is 24.5 Å². The zero-order valence-corrected chi connectivity index (χ0v) is 13.2. The van der Waals surface area contributed by atoms with Gasteiger partial charge in [-0.25, -0.2) is 4.98 Å². The molecule has 0 saturated carbocycles. The molecule has 1 aromatic heterocycles. The average Bonchev–Trinajstić information content (AvgIpc) is 2.90. The van der Waals surface area contributed by atoms with Crippen LogP contribution in [-0.4, -0.2) is 20.8 Å². The molecule has 0 aliphatic rings. The van der Waals surface area contributed by atoms with E-state index < -0.39 is 0 Å². The Morgan fingerprint density at radius 1 is 1.05 bits per heavy atom. The van der Waals surface area contributed by atoms with Crippen LogP contribution in [0.4, 0.5) is 0 Å². The second-order valence-corrected chi connectivity index (χ2v) is 5.95. The highest BCUT2D eigenvalue weighted by molar-refractivity contribution is 5.74. The quantitative estimate of drug-likeness (QED) is 0.652. The van der Waals surface area contributed by atoms with E-state index in [0.29, 0.717) is 6.54 Å². The van der Waals surface area contributed by atoms with Crippen LogP contribution in [0, 0.1) is 0 Å². The Hall–Kier alpha value is -1.35. The van der Waals surface area contributed by atoms with Crippen molar-refractivity contribution < 1.29 is 5.11 Å². The number of para-hydroxylation sites is 2. The molecule has 0 aliphatic heterocycles. The molecule has 3 heteroatoms. The van der Waals surface area contributed by atoms with Crippen LogP contribution in [0.1, 0.15) is 58.3 Å². The van der Waals surface area contributed by atoms with E-state index in [4.69, 9.17) is 0 Å². The largest absolute Gasteiger partial charge is 0.391 e. The molecule has 116 valence electrons. The summed E-state index contributed by atoms with van der Waals surface area (Å²) in [5.74, 6) is 0. The van der Waals surface area contributed by atoms with Gasteiger partial charge in [0.2, 0.25) is 0 Å². The number of aliphatic hydroxyl groups excluding tert-OH is 1. The lowest BCUT2D eigenvalue weighted by Crippen LogP contribution is -2.15. The van der Waals surface area contributed by atoms with Crippen molar-refractivity contribution in [3.8, 4) is 0 Å². The lowest BCUT2D eigenvalue weighted by molar-refractivity contribution is 0.142. The minimum absolute atomic E-state index is 0.266. The molecule has 1 unspecified atom stereocenters. The third kappa shape index (κ3) is 5.16. The summed E-state index contributed by atoms with van der Waals surface area (Å²) in [4.78, 5) is 4.36. The van der Waals surface area contributed by atoms with Gasteiger partial charge in [0.25, 0.3) is 0 Å². The van der Waals surface area contributed by atoms with Crippen LogP contribution < -0.4 is 0 Å². The first-order valence-electron chi connectivity index (χ1n) is 8.39. The molecule has 1 aromatic carbocycles. The van der Waals surface area contributed by atoms with Crippen LogP contribution in [0.3, 0.4) is 0 Å². The minimum Gasteiger partial charge on any atom is -0.391 e. The van der Waals surface area contributed by atoms with Crippen molar-refractivity contribution >= 4 is 11.0 Å². The molecule has 0 fully saturated rings. The third-order valence-electron chi connectivity index (χ3n) is 4.08. The second-order valence-electron chi connectivity index (χ2n) is 5.95. The predicted molar refractivity (Wildman–Crippen MR) is 88.3 cm³/mol. The monoisotopic (exact) mass is 288 g/mol. The first-order chi connectivity index (χ1) is 10.3. The normalized spacial score (nSPS) is 12.9. The Balaban J connectivity index is 1.66. The van der Waals surface area contributed by atoms with Gasteiger partial charge in [-0.05, 0) is 18.6 Å². The molecule has 0 amide bonds. The van der Waals surface area contributed by atoms with Gasteiger partial charge in [-0.3, -0.25) is 0 Å². The lowest BCUT2D eigenvalue weighted by Gasteiger charge is -2.12. The van der Waals surface area contributed by atoms with Crippen molar-refractivity contribution in [3.63, 3.8) is 0 Å². The highest BCUT2D eigenvalue weighted by Gasteiger charge is 2.08. The topological polar surface area (TPSA) is 38.0 Å². The van der Waals surface area contributed by atoms with Gasteiger partial charge < -0.3 is 9.67 Å². The highest BCUT2D eigenvalue weighted by atomic mass is 16.3. The minimum atomic E-state index is -0.266. The van der Waals surface area contributed by atoms with Crippen molar-refractivity contribution in [2.75, 3.05) is 0 Å². The number of imidazole rings is 1. The number of benzene rings is 1. The van der Waals surface area contributed by atoms with Crippen LogP contribution >= 0.6 is 0 Å². The van der Waals surface area contributed by atoms with Crippen molar-refractivity contribution in [2.24, 2.45) is 0 Å². The molecule has 0 radical (unpaired) electrons. The Kier molecular flexibility index (Phi) is 6.74. The summed E-state index contributed by atoms with van der Waals surface area (Å²) in [6.45, 7) is 2.90. The smallest absolute Gasteiger partial charge is 0.0959 e. The molecule has 0 spiro atoms. The molecule has 1 atom stereocenters. The summed E-state index contributed by atoms with van der Waals surface area (Å²) in [6, 6.07) is 8.08. The number of rotatable bonds is 10. The van der Waals surface area contributed by atoms with Crippen molar-refractivity contribution in [1.29, 1.82) is 0 Å². The third-order valence-corrected chi connectivity index (χ3v) is 4.08. The maximum Gasteiger partial charge on any atom is 0.0959 e. The van der Waals surface area contributed by atoms with E-state index in [0.717, 1.165) is 23.9 Å². The van der Waals surface area contributed by atoms with E-state index >= 15 is 0 Å². The Bertz CT molecular complexity index is 521. The Morgan fingerprint density at radius 2 is 1.76 bits per heavy atom. The fourth-order valence-corrected chi connectivity index (χ4v) is 2.81.